The molecule has 102 valence electrons. The van der Waals surface area contributed by atoms with Crippen LogP contribution in [0.1, 0.15) is 42.8 Å². The van der Waals surface area contributed by atoms with Crippen LogP contribution in [-0.4, -0.2) is 0 Å². The van der Waals surface area contributed by atoms with Crippen molar-refractivity contribution >= 4 is 22.9 Å². The first-order valence-corrected chi connectivity index (χ1v) is 7.49. The molecule has 3 N–H and O–H groups in total. The topological polar surface area (TPSA) is 38.0 Å². The Morgan fingerprint density at radius 1 is 1.21 bits per heavy atom. The zero-order valence-corrected chi connectivity index (χ0v) is 13.0. The third-order valence-corrected chi connectivity index (χ3v) is 4.58. The highest BCUT2D eigenvalue weighted by atomic mass is 35.5. The van der Waals surface area contributed by atoms with Crippen molar-refractivity contribution in [3.63, 3.8) is 0 Å². The molecular formula is C15H19ClN2S. The summed E-state index contributed by atoms with van der Waals surface area (Å²) in [7, 11) is 0. The van der Waals surface area contributed by atoms with Gasteiger partial charge in [0.15, 0.2) is 0 Å². The average Bonchev–Trinajstić information content (AvgIpc) is 2.76. The van der Waals surface area contributed by atoms with E-state index in [9.17, 15) is 0 Å². The van der Waals surface area contributed by atoms with Crippen LogP contribution >= 0.6 is 22.9 Å². The number of hydrogen-bond acceptors (Lipinski definition) is 3. The van der Waals surface area contributed by atoms with Crippen LogP contribution in [0.4, 0.5) is 0 Å². The number of benzene rings is 1. The molecule has 1 aromatic carbocycles. The van der Waals surface area contributed by atoms with Crippen LogP contribution in [0.3, 0.4) is 0 Å². The second-order valence-corrected chi connectivity index (χ2v) is 6.92. The molecule has 2 nitrogen and oxygen atoms in total. The standard InChI is InChI=1S/C15H19ClN2S/c1-15(2,3)11-7-5-4-6-10(11)13(18-17)14-12(16)8-9-19-14/h4-9,13,18H,17H2,1-3H3. The number of rotatable bonds is 3. The third-order valence-electron chi connectivity index (χ3n) is 3.15. The van der Waals surface area contributed by atoms with Crippen molar-refractivity contribution in [3.05, 3.63) is 56.7 Å². The van der Waals surface area contributed by atoms with E-state index in [-0.39, 0.29) is 11.5 Å². The highest BCUT2D eigenvalue weighted by Gasteiger charge is 2.24. The van der Waals surface area contributed by atoms with Crippen molar-refractivity contribution < 1.29 is 0 Å². The maximum Gasteiger partial charge on any atom is 0.0820 e. The van der Waals surface area contributed by atoms with Crippen molar-refractivity contribution in [3.8, 4) is 0 Å². The quantitative estimate of drug-likeness (QED) is 0.656. The van der Waals surface area contributed by atoms with E-state index in [0.717, 1.165) is 9.90 Å². The monoisotopic (exact) mass is 294 g/mol. The predicted molar refractivity (Wildman–Crippen MR) is 83.6 cm³/mol. The van der Waals surface area contributed by atoms with Crippen molar-refractivity contribution in [1.29, 1.82) is 0 Å². The average molecular weight is 295 g/mol. The van der Waals surface area contributed by atoms with Crippen LogP contribution in [0, 0.1) is 0 Å². The number of thiophene rings is 1. The lowest BCUT2D eigenvalue weighted by molar-refractivity contribution is 0.560. The van der Waals surface area contributed by atoms with Gasteiger partial charge in [-0.3, -0.25) is 5.84 Å². The first-order chi connectivity index (χ1) is 8.95. The Morgan fingerprint density at radius 2 is 1.89 bits per heavy atom. The van der Waals surface area contributed by atoms with E-state index in [1.165, 1.54) is 11.1 Å². The predicted octanol–water partition coefficient (Wildman–Crippen LogP) is 4.25. The van der Waals surface area contributed by atoms with Crippen LogP contribution in [0.25, 0.3) is 0 Å². The highest BCUT2D eigenvalue weighted by molar-refractivity contribution is 7.10. The molecule has 1 atom stereocenters. The molecule has 4 heteroatoms. The Labute approximate surface area is 123 Å². The van der Waals surface area contributed by atoms with Gasteiger partial charge in [0.05, 0.1) is 11.1 Å². The lowest BCUT2D eigenvalue weighted by atomic mass is 9.81. The fourth-order valence-corrected chi connectivity index (χ4v) is 3.49. The van der Waals surface area contributed by atoms with Crippen molar-refractivity contribution in [2.24, 2.45) is 5.84 Å². The van der Waals surface area contributed by atoms with E-state index in [1.807, 2.05) is 17.5 Å². The Morgan fingerprint density at radius 3 is 2.42 bits per heavy atom. The van der Waals surface area contributed by atoms with E-state index in [2.05, 4.69) is 44.4 Å². The van der Waals surface area contributed by atoms with Crippen LogP contribution < -0.4 is 11.3 Å². The number of halogens is 1. The van der Waals surface area contributed by atoms with Gasteiger partial charge in [0.2, 0.25) is 0 Å². The molecule has 0 saturated carbocycles. The Balaban J connectivity index is 2.54. The number of nitrogens with one attached hydrogen (secondary N) is 1. The molecular weight excluding hydrogens is 276 g/mol. The highest BCUT2D eigenvalue weighted by Crippen LogP contribution is 2.37. The summed E-state index contributed by atoms with van der Waals surface area (Å²) in [6.45, 7) is 6.61. The smallest absolute Gasteiger partial charge is 0.0820 e. The van der Waals surface area contributed by atoms with Gasteiger partial charge in [-0.15, -0.1) is 11.3 Å². The van der Waals surface area contributed by atoms with E-state index in [4.69, 9.17) is 17.4 Å². The van der Waals surface area contributed by atoms with E-state index >= 15 is 0 Å². The summed E-state index contributed by atoms with van der Waals surface area (Å²) in [5.74, 6) is 5.78. The SMILES string of the molecule is CC(C)(C)c1ccccc1C(NN)c1sccc1Cl. The molecule has 0 radical (unpaired) electrons. The molecule has 0 aliphatic rings. The van der Waals surface area contributed by atoms with Gasteiger partial charge in [0.1, 0.15) is 0 Å². The second-order valence-electron chi connectivity index (χ2n) is 5.57. The minimum atomic E-state index is -0.0667. The molecule has 1 unspecified atom stereocenters. The number of nitrogens with two attached hydrogens (primary N) is 1. The van der Waals surface area contributed by atoms with Crippen molar-refractivity contribution in [2.45, 2.75) is 32.2 Å². The van der Waals surface area contributed by atoms with E-state index < -0.39 is 0 Å². The molecule has 0 fully saturated rings. The minimum Gasteiger partial charge on any atom is -0.271 e. The molecule has 0 bridgehead atoms. The lowest BCUT2D eigenvalue weighted by Gasteiger charge is -2.27. The molecule has 1 heterocycles. The van der Waals surface area contributed by atoms with Gasteiger partial charge in [0.25, 0.3) is 0 Å². The fraction of sp³-hybridized carbons (Fsp3) is 0.333. The van der Waals surface area contributed by atoms with Gasteiger partial charge in [-0.1, -0.05) is 56.6 Å². The first-order valence-electron chi connectivity index (χ1n) is 6.23. The lowest BCUT2D eigenvalue weighted by Crippen LogP contribution is -2.30. The fourth-order valence-electron chi connectivity index (χ4n) is 2.25. The zero-order chi connectivity index (χ0) is 14.0. The maximum atomic E-state index is 6.24. The van der Waals surface area contributed by atoms with Crippen molar-refractivity contribution in [1.82, 2.24) is 5.43 Å². The summed E-state index contributed by atoms with van der Waals surface area (Å²) in [6, 6.07) is 10.2. The normalized spacial score (nSPS) is 13.5. The summed E-state index contributed by atoms with van der Waals surface area (Å²) < 4.78 is 0. The maximum absolute atomic E-state index is 6.24. The zero-order valence-electron chi connectivity index (χ0n) is 11.4. The molecule has 0 spiro atoms. The molecule has 2 aromatic rings. The number of hydrazine groups is 1. The summed E-state index contributed by atoms with van der Waals surface area (Å²) in [5, 5.41) is 2.75. The minimum absolute atomic E-state index is 0.0649. The van der Waals surface area contributed by atoms with Gasteiger partial charge in [0, 0.05) is 4.88 Å². The van der Waals surface area contributed by atoms with Crippen molar-refractivity contribution in [2.75, 3.05) is 0 Å². The summed E-state index contributed by atoms with van der Waals surface area (Å²) in [6.07, 6.45) is 0. The molecule has 0 amide bonds. The molecule has 1 aromatic heterocycles. The van der Waals surface area contributed by atoms with Gasteiger partial charge in [-0.2, -0.15) is 0 Å². The first kappa shape index (κ1) is 14.5. The van der Waals surface area contributed by atoms with Gasteiger partial charge >= 0.3 is 0 Å². The Kier molecular flexibility index (Phi) is 4.31. The molecule has 0 aliphatic heterocycles. The Bertz CT molecular complexity index is 557. The third kappa shape index (κ3) is 3.00. The largest absolute Gasteiger partial charge is 0.271 e. The van der Waals surface area contributed by atoms with Gasteiger partial charge in [-0.05, 0) is 28.0 Å². The van der Waals surface area contributed by atoms with Crippen LogP contribution in [0.15, 0.2) is 35.7 Å². The van der Waals surface area contributed by atoms with Crippen LogP contribution in [0.2, 0.25) is 5.02 Å². The Hall–Kier alpha value is -0.870. The molecule has 2 rings (SSSR count). The summed E-state index contributed by atoms with van der Waals surface area (Å²) in [5.41, 5.74) is 5.43. The van der Waals surface area contributed by atoms with Gasteiger partial charge in [-0.25, -0.2) is 5.43 Å². The van der Waals surface area contributed by atoms with Crippen LogP contribution in [0.5, 0.6) is 0 Å². The second kappa shape index (κ2) is 5.63. The molecule has 0 saturated heterocycles. The summed E-state index contributed by atoms with van der Waals surface area (Å²) in [4.78, 5) is 1.06. The molecule has 19 heavy (non-hydrogen) atoms. The summed E-state index contributed by atoms with van der Waals surface area (Å²) >= 11 is 7.87. The van der Waals surface area contributed by atoms with Crippen LogP contribution in [-0.2, 0) is 5.41 Å². The van der Waals surface area contributed by atoms with E-state index in [0.29, 0.717) is 0 Å². The molecule has 0 aliphatic carbocycles. The number of hydrogen-bond donors (Lipinski definition) is 2. The van der Waals surface area contributed by atoms with E-state index in [1.54, 1.807) is 11.3 Å². The van der Waals surface area contributed by atoms with Gasteiger partial charge < -0.3 is 0 Å².